The Hall–Kier alpha value is -1.32. The number of benzene rings is 2. The molecule has 110 valence electrons. The molecule has 2 aromatic carbocycles. The van der Waals surface area contributed by atoms with Crippen LogP contribution >= 0.6 is 11.8 Å². The number of aliphatic hydroxyl groups excluding tert-OH is 1. The molecule has 1 aliphatic rings. The summed E-state index contributed by atoms with van der Waals surface area (Å²) in [6.45, 7) is 0. The van der Waals surface area contributed by atoms with Crippen LogP contribution < -0.4 is 0 Å². The highest BCUT2D eigenvalue weighted by Crippen LogP contribution is 2.37. The molecule has 0 spiro atoms. The number of aliphatic hydroxyl groups is 1. The second kappa shape index (κ2) is 6.63. The Bertz CT molecular complexity index is 610. The van der Waals surface area contributed by atoms with Gasteiger partial charge in [0.05, 0.1) is 6.10 Å². The monoisotopic (exact) mass is 302 g/mol. The summed E-state index contributed by atoms with van der Waals surface area (Å²) >= 11 is 1.36. The maximum absolute atomic E-state index is 13.6. The van der Waals surface area contributed by atoms with E-state index in [1.807, 2.05) is 18.2 Å². The van der Waals surface area contributed by atoms with Crippen LogP contribution in [0.15, 0.2) is 53.4 Å². The molecule has 1 aliphatic carbocycles. The molecule has 1 saturated carbocycles. The maximum atomic E-state index is 13.6. The first-order valence-corrected chi connectivity index (χ1v) is 8.38. The Morgan fingerprint density at radius 2 is 1.95 bits per heavy atom. The smallest absolute Gasteiger partial charge is 0.136 e. The third kappa shape index (κ3) is 3.47. The molecule has 1 atom stereocenters. The van der Waals surface area contributed by atoms with E-state index in [-0.39, 0.29) is 5.82 Å². The third-order valence-electron chi connectivity index (χ3n) is 4.11. The molecule has 0 heterocycles. The highest BCUT2D eigenvalue weighted by Gasteiger charge is 2.20. The van der Waals surface area contributed by atoms with E-state index in [1.165, 1.54) is 42.7 Å². The molecule has 0 bridgehead atoms. The van der Waals surface area contributed by atoms with Crippen LogP contribution in [0.5, 0.6) is 0 Å². The minimum Gasteiger partial charge on any atom is -0.388 e. The van der Waals surface area contributed by atoms with Crippen LogP contribution in [0.4, 0.5) is 4.39 Å². The van der Waals surface area contributed by atoms with E-state index in [1.54, 1.807) is 12.1 Å². The number of hydrogen-bond acceptors (Lipinski definition) is 2. The minimum atomic E-state index is -0.561. The van der Waals surface area contributed by atoms with Crippen molar-refractivity contribution < 1.29 is 9.50 Å². The zero-order valence-electron chi connectivity index (χ0n) is 11.8. The van der Waals surface area contributed by atoms with Crippen molar-refractivity contribution in [1.82, 2.24) is 0 Å². The van der Waals surface area contributed by atoms with Crippen molar-refractivity contribution in [1.29, 1.82) is 0 Å². The fourth-order valence-corrected chi connectivity index (χ4v) is 3.50. The molecular weight excluding hydrogens is 283 g/mol. The van der Waals surface area contributed by atoms with Crippen molar-refractivity contribution in [2.45, 2.75) is 36.2 Å². The fraction of sp³-hybridized carbons (Fsp3) is 0.333. The van der Waals surface area contributed by atoms with E-state index in [2.05, 4.69) is 12.1 Å². The first-order valence-electron chi connectivity index (χ1n) is 7.39. The summed E-state index contributed by atoms with van der Waals surface area (Å²) in [5.41, 5.74) is 2.26. The van der Waals surface area contributed by atoms with E-state index in [0.717, 1.165) is 5.56 Å². The van der Waals surface area contributed by atoms with Crippen LogP contribution in [-0.4, -0.2) is 10.9 Å². The summed E-state index contributed by atoms with van der Waals surface area (Å²) < 4.78 is 13.6. The predicted molar refractivity (Wildman–Crippen MR) is 85.1 cm³/mol. The molecule has 0 saturated heterocycles. The van der Waals surface area contributed by atoms with Gasteiger partial charge in [-0.2, -0.15) is 0 Å². The van der Waals surface area contributed by atoms with E-state index >= 15 is 0 Å². The van der Waals surface area contributed by atoms with Crippen molar-refractivity contribution >= 4 is 11.8 Å². The van der Waals surface area contributed by atoms with Gasteiger partial charge in [0.1, 0.15) is 5.82 Å². The van der Waals surface area contributed by atoms with Crippen LogP contribution in [0.2, 0.25) is 0 Å². The van der Waals surface area contributed by atoms with Crippen molar-refractivity contribution in [3.05, 3.63) is 65.5 Å². The summed E-state index contributed by atoms with van der Waals surface area (Å²) in [4.78, 5) is 0.590. The summed E-state index contributed by atoms with van der Waals surface area (Å²) in [5, 5.41) is 10.3. The SMILES string of the molecule is OC(CSc1ccccc1F)c1cccc(C2CCC2)c1. The Labute approximate surface area is 129 Å². The average Bonchev–Trinajstić information content (AvgIpc) is 2.45. The molecule has 1 N–H and O–H groups in total. The summed E-state index contributed by atoms with van der Waals surface area (Å²) in [7, 11) is 0. The van der Waals surface area contributed by atoms with Gasteiger partial charge in [0.15, 0.2) is 0 Å². The van der Waals surface area contributed by atoms with Gasteiger partial charge in [-0.15, -0.1) is 11.8 Å². The van der Waals surface area contributed by atoms with Crippen LogP contribution in [0.1, 0.15) is 42.4 Å². The van der Waals surface area contributed by atoms with Gasteiger partial charge in [-0.25, -0.2) is 4.39 Å². The third-order valence-corrected chi connectivity index (χ3v) is 5.23. The average molecular weight is 302 g/mol. The molecule has 0 aliphatic heterocycles. The van der Waals surface area contributed by atoms with Crippen LogP contribution in [0, 0.1) is 5.82 Å². The Kier molecular flexibility index (Phi) is 4.61. The molecule has 1 unspecified atom stereocenters. The number of hydrogen-bond donors (Lipinski definition) is 1. The molecule has 3 heteroatoms. The van der Waals surface area contributed by atoms with Crippen molar-refractivity contribution in [3.8, 4) is 0 Å². The lowest BCUT2D eigenvalue weighted by Gasteiger charge is -2.26. The number of halogens is 1. The van der Waals surface area contributed by atoms with E-state index in [4.69, 9.17) is 0 Å². The van der Waals surface area contributed by atoms with Crippen molar-refractivity contribution in [3.63, 3.8) is 0 Å². The lowest BCUT2D eigenvalue weighted by Crippen LogP contribution is -2.10. The number of thioether (sulfide) groups is 1. The first-order chi connectivity index (χ1) is 10.2. The Morgan fingerprint density at radius 3 is 2.67 bits per heavy atom. The molecule has 0 radical (unpaired) electrons. The highest BCUT2D eigenvalue weighted by atomic mass is 32.2. The van der Waals surface area contributed by atoms with E-state index in [9.17, 15) is 9.50 Å². The van der Waals surface area contributed by atoms with Crippen LogP contribution in [-0.2, 0) is 0 Å². The Morgan fingerprint density at radius 1 is 1.14 bits per heavy atom. The van der Waals surface area contributed by atoms with Gasteiger partial charge in [-0.05, 0) is 42.0 Å². The molecular formula is C18H19FOS. The molecule has 0 aromatic heterocycles. The second-order valence-corrected chi connectivity index (χ2v) is 6.62. The standard InChI is InChI=1S/C18H19FOS/c19-16-9-1-2-10-18(16)21-12-17(20)15-8-4-7-14(11-15)13-5-3-6-13/h1-2,4,7-11,13,17,20H,3,5-6,12H2. The minimum absolute atomic E-state index is 0.224. The fourth-order valence-electron chi connectivity index (χ4n) is 2.59. The molecule has 1 fully saturated rings. The van der Waals surface area contributed by atoms with Gasteiger partial charge < -0.3 is 5.11 Å². The lowest BCUT2D eigenvalue weighted by atomic mass is 9.79. The summed E-state index contributed by atoms with van der Waals surface area (Å²) in [6.07, 6.45) is 3.25. The van der Waals surface area contributed by atoms with E-state index < -0.39 is 6.10 Å². The van der Waals surface area contributed by atoms with Gasteiger partial charge >= 0.3 is 0 Å². The second-order valence-electron chi connectivity index (χ2n) is 5.56. The normalized spacial score (nSPS) is 16.5. The molecule has 3 rings (SSSR count). The van der Waals surface area contributed by atoms with Crippen molar-refractivity contribution in [2.24, 2.45) is 0 Å². The van der Waals surface area contributed by atoms with Gasteiger partial charge in [0.2, 0.25) is 0 Å². The van der Waals surface area contributed by atoms with Crippen molar-refractivity contribution in [2.75, 3.05) is 5.75 Å². The molecule has 1 nitrogen and oxygen atoms in total. The van der Waals surface area contributed by atoms with E-state index in [0.29, 0.717) is 16.6 Å². The van der Waals surface area contributed by atoms with Crippen LogP contribution in [0.25, 0.3) is 0 Å². The largest absolute Gasteiger partial charge is 0.388 e. The highest BCUT2D eigenvalue weighted by molar-refractivity contribution is 7.99. The molecule has 0 amide bonds. The molecule has 21 heavy (non-hydrogen) atoms. The van der Waals surface area contributed by atoms with Crippen LogP contribution in [0.3, 0.4) is 0 Å². The number of rotatable bonds is 5. The zero-order valence-corrected chi connectivity index (χ0v) is 12.7. The van der Waals surface area contributed by atoms with Gasteiger partial charge in [-0.1, -0.05) is 42.8 Å². The zero-order chi connectivity index (χ0) is 14.7. The quantitative estimate of drug-likeness (QED) is 0.791. The topological polar surface area (TPSA) is 20.2 Å². The maximum Gasteiger partial charge on any atom is 0.136 e. The van der Waals surface area contributed by atoms with Gasteiger partial charge in [0.25, 0.3) is 0 Å². The molecule has 2 aromatic rings. The Balaban J connectivity index is 1.65. The predicted octanol–water partition coefficient (Wildman–Crippen LogP) is 4.92. The lowest BCUT2D eigenvalue weighted by molar-refractivity contribution is 0.204. The summed E-state index contributed by atoms with van der Waals surface area (Å²) in [6, 6.07) is 14.9. The van der Waals surface area contributed by atoms with Gasteiger partial charge in [0, 0.05) is 10.6 Å². The first kappa shape index (κ1) is 14.6. The van der Waals surface area contributed by atoms with Gasteiger partial charge in [-0.3, -0.25) is 0 Å². The summed E-state index contributed by atoms with van der Waals surface area (Å²) in [5.74, 6) is 0.906.